The standard InChI is InChI=1S/C22H22N4O2S/c1-27-18-8-4-6-15-10-11-16(23-20(15)18)14-26-12-3-2-7-17(26)21-24-25-22(28-21)19-9-5-13-29-19/h4-6,8-11,13,17H,2-3,7,12,14H2,1H3. The van der Waals surface area contributed by atoms with Crippen molar-refractivity contribution in [2.75, 3.05) is 13.7 Å². The van der Waals surface area contributed by atoms with Gasteiger partial charge >= 0.3 is 0 Å². The van der Waals surface area contributed by atoms with Crippen LogP contribution in [-0.4, -0.2) is 33.7 Å². The highest BCUT2D eigenvalue weighted by molar-refractivity contribution is 7.13. The van der Waals surface area contributed by atoms with Crippen LogP contribution in [0.2, 0.25) is 0 Å². The van der Waals surface area contributed by atoms with Crippen LogP contribution in [0.4, 0.5) is 0 Å². The first-order valence-electron chi connectivity index (χ1n) is 9.86. The molecule has 1 aliphatic heterocycles. The van der Waals surface area contributed by atoms with Gasteiger partial charge in [-0.1, -0.05) is 30.7 Å². The van der Waals surface area contributed by atoms with Gasteiger partial charge < -0.3 is 9.15 Å². The number of nitrogens with zero attached hydrogens (tertiary/aromatic N) is 4. The number of pyridine rings is 1. The third kappa shape index (κ3) is 3.63. The predicted molar refractivity (Wildman–Crippen MR) is 113 cm³/mol. The highest BCUT2D eigenvalue weighted by Gasteiger charge is 2.29. The van der Waals surface area contributed by atoms with Gasteiger partial charge in [-0.15, -0.1) is 21.5 Å². The largest absolute Gasteiger partial charge is 0.494 e. The normalized spacial score (nSPS) is 17.6. The first-order chi connectivity index (χ1) is 14.3. The fraction of sp³-hybridized carbons (Fsp3) is 0.318. The van der Waals surface area contributed by atoms with E-state index in [2.05, 4.69) is 33.3 Å². The quantitative estimate of drug-likeness (QED) is 0.460. The van der Waals surface area contributed by atoms with Gasteiger partial charge in [0.2, 0.25) is 5.89 Å². The first-order valence-corrected chi connectivity index (χ1v) is 10.7. The number of rotatable bonds is 5. The molecule has 0 N–H and O–H groups in total. The van der Waals surface area contributed by atoms with Crippen LogP contribution in [0.5, 0.6) is 5.75 Å². The van der Waals surface area contributed by atoms with Crippen LogP contribution in [0.1, 0.15) is 36.9 Å². The van der Waals surface area contributed by atoms with Crippen LogP contribution in [0.3, 0.4) is 0 Å². The molecule has 3 aromatic heterocycles. The van der Waals surface area contributed by atoms with Crippen molar-refractivity contribution < 1.29 is 9.15 Å². The minimum Gasteiger partial charge on any atom is -0.494 e. The van der Waals surface area contributed by atoms with E-state index in [0.717, 1.165) is 53.2 Å². The number of fused-ring (bicyclic) bond motifs is 1. The lowest BCUT2D eigenvalue weighted by Crippen LogP contribution is -2.33. The molecule has 0 bridgehead atoms. The van der Waals surface area contributed by atoms with Crippen LogP contribution in [-0.2, 0) is 6.54 Å². The Morgan fingerprint density at radius 2 is 2.10 bits per heavy atom. The second kappa shape index (κ2) is 7.93. The number of thiophene rings is 1. The maximum Gasteiger partial charge on any atom is 0.257 e. The van der Waals surface area contributed by atoms with E-state index in [1.807, 2.05) is 29.6 Å². The van der Waals surface area contributed by atoms with Crippen LogP contribution < -0.4 is 4.74 Å². The molecule has 1 saturated heterocycles. The smallest absolute Gasteiger partial charge is 0.257 e. The maximum absolute atomic E-state index is 6.05. The molecular weight excluding hydrogens is 384 g/mol. The van der Waals surface area contributed by atoms with E-state index >= 15 is 0 Å². The van der Waals surface area contributed by atoms with Crippen molar-refractivity contribution in [1.29, 1.82) is 0 Å². The Morgan fingerprint density at radius 1 is 1.14 bits per heavy atom. The molecule has 29 heavy (non-hydrogen) atoms. The van der Waals surface area contributed by atoms with Crippen LogP contribution in [0.25, 0.3) is 21.7 Å². The van der Waals surface area contributed by atoms with Crippen LogP contribution in [0, 0.1) is 0 Å². The Bertz CT molecular complexity index is 1110. The molecule has 7 heteroatoms. The minimum absolute atomic E-state index is 0.125. The van der Waals surface area contributed by atoms with E-state index in [4.69, 9.17) is 14.1 Å². The number of likely N-dealkylation sites (tertiary alicyclic amines) is 1. The summed E-state index contributed by atoms with van der Waals surface area (Å²) in [5, 5.41) is 11.8. The average molecular weight is 407 g/mol. The Morgan fingerprint density at radius 3 is 2.97 bits per heavy atom. The van der Waals surface area contributed by atoms with Gasteiger partial charge in [-0.05, 0) is 43.0 Å². The Hall–Kier alpha value is -2.77. The lowest BCUT2D eigenvalue weighted by molar-refractivity contribution is 0.117. The summed E-state index contributed by atoms with van der Waals surface area (Å²) in [6.07, 6.45) is 3.35. The Labute approximate surface area is 173 Å². The zero-order valence-corrected chi connectivity index (χ0v) is 17.1. The number of methoxy groups -OCH3 is 1. The summed E-state index contributed by atoms with van der Waals surface area (Å²) in [7, 11) is 1.69. The second-order valence-electron chi connectivity index (χ2n) is 7.24. The number of ether oxygens (including phenoxy) is 1. The number of benzene rings is 1. The molecule has 1 aliphatic rings. The molecule has 0 spiro atoms. The summed E-state index contributed by atoms with van der Waals surface area (Å²) in [6.45, 7) is 1.74. The van der Waals surface area contributed by atoms with E-state index in [0.29, 0.717) is 11.8 Å². The van der Waals surface area contributed by atoms with Gasteiger partial charge in [0.25, 0.3) is 5.89 Å². The molecule has 0 aliphatic carbocycles. The molecule has 0 saturated carbocycles. The second-order valence-corrected chi connectivity index (χ2v) is 8.19. The molecule has 5 rings (SSSR count). The van der Waals surface area contributed by atoms with Gasteiger partial charge in [0.05, 0.1) is 23.7 Å². The number of aromatic nitrogens is 3. The SMILES string of the molecule is COc1cccc2ccc(CN3CCCCC3c3nnc(-c4cccs4)o3)nc12. The fourth-order valence-corrected chi connectivity index (χ4v) is 4.59. The maximum atomic E-state index is 6.05. The molecule has 1 atom stereocenters. The fourth-order valence-electron chi connectivity index (χ4n) is 3.95. The van der Waals surface area contributed by atoms with Gasteiger partial charge in [-0.3, -0.25) is 4.90 Å². The van der Waals surface area contributed by atoms with Gasteiger partial charge in [-0.25, -0.2) is 4.98 Å². The highest BCUT2D eigenvalue weighted by Crippen LogP contribution is 2.34. The zero-order valence-electron chi connectivity index (χ0n) is 16.2. The number of hydrogen-bond donors (Lipinski definition) is 0. The van der Waals surface area contributed by atoms with Gasteiger partial charge in [0.1, 0.15) is 11.3 Å². The van der Waals surface area contributed by atoms with Crippen molar-refractivity contribution in [2.45, 2.75) is 31.8 Å². The lowest BCUT2D eigenvalue weighted by Gasteiger charge is -2.33. The molecule has 1 unspecified atom stereocenters. The van der Waals surface area contributed by atoms with Crippen molar-refractivity contribution in [3.63, 3.8) is 0 Å². The molecule has 0 radical (unpaired) electrons. The first kappa shape index (κ1) is 18.3. The highest BCUT2D eigenvalue weighted by atomic mass is 32.1. The summed E-state index contributed by atoms with van der Waals surface area (Å²) < 4.78 is 11.5. The van der Waals surface area contributed by atoms with Gasteiger partial charge in [0, 0.05) is 11.9 Å². The van der Waals surface area contributed by atoms with E-state index in [1.165, 1.54) is 6.42 Å². The minimum atomic E-state index is 0.125. The van der Waals surface area contributed by atoms with E-state index in [9.17, 15) is 0 Å². The summed E-state index contributed by atoms with van der Waals surface area (Å²) >= 11 is 1.61. The Kier molecular flexibility index (Phi) is 4.99. The molecule has 1 fully saturated rings. The summed E-state index contributed by atoms with van der Waals surface area (Å²) in [6, 6.07) is 14.3. The van der Waals surface area contributed by atoms with E-state index < -0.39 is 0 Å². The summed E-state index contributed by atoms with van der Waals surface area (Å²) in [5.41, 5.74) is 1.92. The van der Waals surface area contributed by atoms with Crippen molar-refractivity contribution in [2.24, 2.45) is 0 Å². The van der Waals surface area contributed by atoms with Gasteiger partial charge in [0.15, 0.2) is 0 Å². The Balaban J connectivity index is 1.41. The van der Waals surface area contributed by atoms with E-state index in [1.54, 1.807) is 18.4 Å². The summed E-state index contributed by atoms with van der Waals surface area (Å²) in [5.74, 6) is 2.11. The number of piperidine rings is 1. The molecule has 6 nitrogen and oxygen atoms in total. The average Bonchev–Trinajstić information content (AvgIpc) is 3.45. The monoisotopic (exact) mass is 406 g/mol. The van der Waals surface area contributed by atoms with Crippen LogP contribution in [0.15, 0.2) is 52.3 Å². The third-order valence-corrected chi connectivity index (χ3v) is 6.26. The zero-order chi connectivity index (χ0) is 19.6. The van der Waals surface area contributed by atoms with Crippen molar-refractivity contribution in [1.82, 2.24) is 20.1 Å². The topological polar surface area (TPSA) is 64.3 Å². The number of hydrogen-bond acceptors (Lipinski definition) is 7. The summed E-state index contributed by atoms with van der Waals surface area (Å²) in [4.78, 5) is 8.29. The van der Waals surface area contributed by atoms with Gasteiger partial charge in [-0.2, -0.15) is 0 Å². The van der Waals surface area contributed by atoms with Crippen molar-refractivity contribution in [3.05, 3.63) is 59.4 Å². The van der Waals surface area contributed by atoms with E-state index in [-0.39, 0.29) is 6.04 Å². The molecule has 4 heterocycles. The molecule has 4 aromatic rings. The molecule has 1 aromatic carbocycles. The van der Waals surface area contributed by atoms with Crippen molar-refractivity contribution >= 4 is 22.2 Å². The van der Waals surface area contributed by atoms with Crippen molar-refractivity contribution in [3.8, 4) is 16.5 Å². The third-order valence-electron chi connectivity index (χ3n) is 5.40. The lowest BCUT2D eigenvalue weighted by atomic mass is 10.0. The molecule has 148 valence electrons. The predicted octanol–water partition coefficient (Wildman–Crippen LogP) is 5.08. The molecule has 0 amide bonds. The molecular formula is C22H22N4O2S. The van der Waals surface area contributed by atoms with Crippen LogP contribution >= 0.6 is 11.3 Å². The number of para-hydroxylation sites is 1.